The number of para-hydroxylation sites is 1. The minimum atomic E-state index is -4.75. The summed E-state index contributed by atoms with van der Waals surface area (Å²) in [5, 5.41) is 6.48. The predicted octanol–water partition coefficient (Wildman–Crippen LogP) is 3.85. The molecule has 1 N–H and O–H groups in total. The first kappa shape index (κ1) is 23.4. The Balaban J connectivity index is 1.76. The minimum Gasteiger partial charge on any atom is -0.461 e. The third kappa shape index (κ3) is 4.76. The van der Waals surface area contributed by atoms with Gasteiger partial charge in [0.15, 0.2) is 11.6 Å². The lowest BCUT2D eigenvalue weighted by Gasteiger charge is -2.18. The smallest absolute Gasteiger partial charge is 0.418 e. The average Bonchev–Trinajstić information content (AvgIpc) is 3.44. The highest BCUT2D eigenvalue weighted by Gasteiger charge is 2.36. The van der Waals surface area contributed by atoms with E-state index in [1.807, 2.05) is 0 Å². The van der Waals surface area contributed by atoms with Crippen LogP contribution in [0.5, 0.6) is 0 Å². The summed E-state index contributed by atoms with van der Waals surface area (Å²) in [5.74, 6) is -1.16. The van der Waals surface area contributed by atoms with E-state index in [-0.39, 0.29) is 23.8 Å². The molecule has 0 fully saturated rings. The Morgan fingerprint density at radius 3 is 2.44 bits per heavy atom. The number of hydrogen-bond acceptors (Lipinski definition) is 7. The van der Waals surface area contributed by atoms with E-state index in [1.165, 1.54) is 37.5 Å². The molecule has 0 aliphatic carbocycles. The molecule has 0 aliphatic rings. The lowest BCUT2D eigenvalue weighted by Crippen LogP contribution is -2.29. The third-order valence-corrected chi connectivity index (χ3v) is 6.46. The first-order valence-electron chi connectivity index (χ1n) is 9.70. The van der Waals surface area contributed by atoms with Crippen LogP contribution in [0.1, 0.15) is 18.3 Å². The zero-order valence-electron chi connectivity index (χ0n) is 17.4. The van der Waals surface area contributed by atoms with Crippen molar-refractivity contribution in [3.05, 3.63) is 72.3 Å². The zero-order valence-corrected chi connectivity index (χ0v) is 18.2. The Kier molecular flexibility index (Phi) is 6.08. The van der Waals surface area contributed by atoms with Gasteiger partial charge in [0.05, 0.1) is 35.2 Å². The number of furan rings is 1. The van der Waals surface area contributed by atoms with E-state index in [1.54, 1.807) is 0 Å². The second-order valence-corrected chi connectivity index (χ2v) is 9.25. The molecular weight excluding hydrogens is 480 g/mol. The Hall–Kier alpha value is -3.81. The summed E-state index contributed by atoms with van der Waals surface area (Å²) in [4.78, 5) is 7.46. The van der Waals surface area contributed by atoms with Crippen LogP contribution in [0.3, 0.4) is 0 Å². The quantitative estimate of drug-likeness (QED) is 0.387. The van der Waals surface area contributed by atoms with Gasteiger partial charge in [0.2, 0.25) is 21.8 Å². The number of nitrogens with one attached hydrogen (secondary N) is 1. The molecule has 4 rings (SSSR count). The lowest BCUT2D eigenvalue weighted by molar-refractivity contribution is -0.137. The largest absolute Gasteiger partial charge is 0.461 e. The van der Waals surface area contributed by atoms with Crippen molar-refractivity contribution in [1.29, 1.82) is 0 Å². The van der Waals surface area contributed by atoms with Crippen molar-refractivity contribution in [2.24, 2.45) is 0 Å². The maximum absolute atomic E-state index is 13.7. The van der Waals surface area contributed by atoms with Crippen LogP contribution in [-0.4, -0.2) is 38.4 Å². The van der Waals surface area contributed by atoms with Gasteiger partial charge in [-0.25, -0.2) is 22.8 Å². The van der Waals surface area contributed by atoms with Crippen molar-refractivity contribution in [3.63, 3.8) is 0 Å². The summed E-state index contributed by atoms with van der Waals surface area (Å²) >= 11 is 0. The molecule has 1 unspecified atom stereocenters. The highest BCUT2D eigenvalue weighted by molar-refractivity contribution is 7.93. The predicted molar refractivity (Wildman–Crippen MR) is 112 cm³/mol. The number of alkyl halides is 3. The Labute approximate surface area is 190 Å². The molecule has 0 radical (unpaired) electrons. The van der Waals surface area contributed by atoms with Crippen LogP contribution in [-0.2, 0) is 22.6 Å². The van der Waals surface area contributed by atoms with Crippen LogP contribution in [0.2, 0.25) is 0 Å². The zero-order chi connectivity index (χ0) is 24.5. The van der Waals surface area contributed by atoms with Gasteiger partial charge in [0.25, 0.3) is 0 Å². The van der Waals surface area contributed by atoms with Crippen LogP contribution in [0.15, 0.2) is 59.5 Å². The number of aromatic nitrogens is 5. The number of nitrogens with zero attached hydrogens (tertiary/aromatic N) is 5. The van der Waals surface area contributed by atoms with Gasteiger partial charge in [-0.05, 0) is 31.2 Å². The fraction of sp³-hybridized carbons (Fsp3) is 0.200. The first-order valence-corrected chi connectivity index (χ1v) is 11.2. The van der Waals surface area contributed by atoms with E-state index >= 15 is 0 Å². The molecule has 14 heteroatoms. The summed E-state index contributed by atoms with van der Waals surface area (Å²) in [6.45, 7) is 1.34. The van der Waals surface area contributed by atoms with Gasteiger partial charge in [-0.15, -0.1) is 10.2 Å². The van der Waals surface area contributed by atoms with E-state index in [2.05, 4.69) is 24.9 Å². The fourth-order valence-corrected chi connectivity index (χ4v) is 4.05. The molecule has 0 saturated carbocycles. The van der Waals surface area contributed by atoms with Crippen molar-refractivity contribution in [2.45, 2.75) is 24.8 Å². The number of halogens is 4. The van der Waals surface area contributed by atoms with Gasteiger partial charge >= 0.3 is 6.18 Å². The third-order valence-electron chi connectivity index (χ3n) is 4.76. The second kappa shape index (κ2) is 8.85. The topological polar surface area (TPSA) is 116 Å². The molecule has 4 aromatic rings. The maximum atomic E-state index is 13.7. The number of anilines is 1. The summed E-state index contributed by atoms with van der Waals surface area (Å²) in [6.07, 6.45) is -1.85. The van der Waals surface area contributed by atoms with Crippen molar-refractivity contribution >= 4 is 16.0 Å². The van der Waals surface area contributed by atoms with Gasteiger partial charge in [-0.3, -0.25) is 9.29 Å². The highest BCUT2D eigenvalue weighted by atomic mass is 32.2. The van der Waals surface area contributed by atoms with Gasteiger partial charge < -0.3 is 4.42 Å². The maximum Gasteiger partial charge on any atom is 0.418 e. The van der Waals surface area contributed by atoms with E-state index in [0.29, 0.717) is 0 Å². The van der Waals surface area contributed by atoms with Gasteiger partial charge in [0, 0.05) is 6.42 Å². The molecule has 0 saturated heterocycles. The van der Waals surface area contributed by atoms with E-state index in [4.69, 9.17) is 4.42 Å². The summed E-state index contributed by atoms with van der Waals surface area (Å²) < 4.78 is 88.5. The van der Waals surface area contributed by atoms with E-state index in [0.717, 1.165) is 29.1 Å². The molecule has 3 heterocycles. The molecule has 0 spiro atoms. The number of benzene rings is 1. The summed E-state index contributed by atoms with van der Waals surface area (Å²) in [7, 11) is -4.21. The van der Waals surface area contributed by atoms with Crippen molar-refractivity contribution in [2.75, 3.05) is 4.72 Å². The molecule has 0 aliphatic heterocycles. The normalized spacial score (nSPS) is 13.1. The molecule has 0 amide bonds. The summed E-state index contributed by atoms with van der Waals surface area (Å²) in [5.41, 5.74) is -1.44. The number of hydrogen-bond donors (Lipinski definition) is 1. The number of rotatable bonds is 7. The van der Waals surface area contributed by atoms with E-state index in [9.17, 15) is 26.0 Å². The first-order chi connectivity index (χ1) is 16.1. The Morgan fingerprint density at radius 2 is 1.79 bits per heavy atom. The van der Waals surface area contributed by atoms with E-state index < -0.39 is 44.5 Å². The molecule has 178 valence electrons. The monoisotopic (exact) mass is 496 g/mol. The van der Waals surface area contributed by atoms with Crippen LogP contribution in [0.4, 0.5) is 23.5 Å². The minimum absolute atomic E-state index is 0.0689. The van der Waals surface area contributed by atoms with Crippen molar-refractivity contribution in [1.82, 2.24) is 24.7 Å². The average molecular weight is 496 g/mol. The van der Waals surface area contributed by atoms with Gasteiger partial charge in [-0.2, -0.15) is 13.2 Å². The fourth-order valence-electron chi connectivity index (χ4n) is 3.09. The number of sulfonamides is 1. The molecule has 1 atom stereocenters. The molecule has 9 nitrogen and oxygen atoms in total. The molecule has 34 heavy (non-hydrogen) atoms. The Bertz CT molecular complexity index is 1390. The van der Waals surface area contributed by atoms with Crippen LogP contribution in [0.25, 0.3) is 17.3 Å². The summed E-state index contributed by atoms with van der Waals surface area (Å²) in [6, 6.07) is 7.53. The molecule has 1 aromatic carbocycles. The molecular formula is C20H16F4N6O3S. The molecule has 0 bridgehead atoms. The second-order valence-electron chi connectivity index (χ2n) is 7.15. The lowest BCUT2D eigenvalue weighted by atomic mass is 10.1. The SMILES string of the molecule is CC(Cc1ncc(F)cn1)S(=O)(=O)Nc1nnc(-c2ccco2)n1-c1ccccc1C(F)(F)F. The van der Waals surface area contributed by atoms with Crippen LogP contribution in [0, 0.1) is 5.82 Å². The van der Waals surface area contributed by atoms with Crippen LogP contribution < -0.4 is 4.72 Å². The van der Waals surface area contributed by atoms with Crippen molar-refractivity contribution < 1.29 is 30.4 Å². The Morgan fingerprint density at radius 1 is 1.09 bits per heavy atom. The van der Waals surface area contributed by atoms with Crippen molar-refractivity contribution in [3.8, 4) is 17.3 Å². The van der Waals surface area contributed by atoms with Gasteiger partial charge in [-0.1, -0.05) is 12.1 Å². The van der Waals surface area contributed by atoms with Gasteiger partial charge in [0.1, 0.15) is 5.82 Å². The highest BCUT2D eigenvalue weighted by Crippen LogP contribution is 2.37. The standard InChI is InChI=1S/C20H16F4N6O3S/c1-12(9-17-25-10-13(21)11-26-17)34(31,32)29-19-28-27-18(16-7-4-8-33-16)30(19)15-6-3-2-5-14(15)20(22,23)24/h2-8,10-12H,9H2,1H3,(H,28,29). The van der Waals surface area contributed by atoms with Crippen LogP contribution >= 0.6 is 0 Å². The molecule has 3 aromatic heterocycles.